The maximum Gasteiger partial charge on any atom is 0.289 e. The van der Waals surface area contributed by atoms with E-state index in [2.05, 4.69) is 20.7 Å². The first-order valence-electron chi connectivity index (χ1n) is 8.89. The molecule has 29 heavy (non-hydrogen) atoms. The summed E-state index contributed by atoms with van der Waals surface area (Å²) in [6, 6.07) is 20.6. The first-order valence-corrected chi connectivity index (χ1v) is 8.89. The van der Waals surface area contributed by atoms with Crippen LogP contribution in [-0.4, -0.2) is 34.5 Å². The van der Waals surface area contributed by atoms with Gasteiger partial charge in [0.15, 0.2) is 11.5 Å². The molecule has 0 aliphatic carbocycles. The highest BCUT2D eigenvalue weighted by Crippen LogP contribution is 2.25. The minimum absolute atomic E-state index is 0.00336. The molecule has 7 heteroatoms. The van der Waals surface area contributed by atoms with Crippen LogP contribution in [-0.2, 0) is 0 Å². The number of hydrogen-bond acceptors (Lipinski definition) is 5. The second-order valence-corrected chi connectivity index (χ2v) is 6.36. The molecule has 4 aromatic rings. The number of nitrogens with zero attached hydrogens (tertiary/aromatic N) is 2. The van der Waals surface area contributed by atoms with Gasteiger partial charge >= 0.3 is 0 Å². The smallest absolute Gasteiger partial charge is 0.289 e. The van der Waals surface area contributed by atoms with Crippen molar-refractivity contribution in [3.63, 3.8) is 0 Å². The SMILES string of the molecule is COc1ccc(/C=N\NC(=O)c2cc(-c3ccc4ccccc4c3)n[nH]2)cc1O. The molecule has 144 valence electrons. The Morgan fingerprint density at radius 2 is 1.93 bits per heavy atom. The van der Waals surface area contributed by atoms with Gasteiger partial charge in [0.2, 0.25) is 0 Å². The fraction of sp³-hybridized carbons (Fsp3) is 0.0455. The van der Waals surface area contributed by atoms with Crippen LogP contribution in [0.3, 0.4) is 0 Å². The van der Waals surface area contributed by atoms with Gasteiger partial charge in [0.25, 0.3) is 5.91 Å². The number of amides is 1. The topological polar surface area (TPSA) is 99.6 Å². The molecule has 0 saturated carbocycles. The van der Waals surface area contributed by atoms with Crippen LogP contribution in [0.2, 0.25) is 0 Å². The molecular weight excluding hydrogens is 368 g/mol. The molecule has 0 bridgehead atoms. The maximum atomic E-state index is 12.3. The molecule has 0 spiro atoms. The van der Waals surface area contributed by atoms with Crippen molar-refractivity contribution in [2.24, 2.45) is 5.10 Å². The van der Waals surface area contributed by atoms with Gasteiger partial charge in [0.05, 0.1) is 19.0 Å². The number of carbonyl (C=O) groups is 1. The fourth-order valence-electron chi connectivity index (χ4n) is 2.95. The predicted molar refractivity (Wildman–Crippen MR) is 111 cm³/mol. The van der Waals surface area contributed by atoms with Crippen molar-refractivity contribution in [2.75, 3.05) is 7.11 Å². The van der Waals surface area contributed by atoms with E-state index in [4.69, 9.17) is 4.74 Å². The van der Waals surface area contributed by atoms with Gasteiger partial charge in [-0.05, 0) is 46.7 Å². The molecule has 0 atom stereocenters. The number of H-pyrrole nitrogens is 1. The molecular formula is C22H18N4O3. The highest BCUT2D eigenvalue weighted by atomic mass is 16.5. The monoisotopic (exact) mass is 386 g/mol. The number of ether oxygens (including phenoxy) is 1. The fourth-order valence-corrected chi connectivity index (χ4v) is 2.95. The normalized spacial score (nSPS) is 11.1. The number of nitrogens with one attached hydrogen (secondary N) is 2. The summed E-state index contributed by atoms with van der Waals surface area (Å²) in [5.74, 6) is -0.0558. The van der Waals surface area contributed by atoms with Crippen LogP contribution in [0.15, 0.2) is 71.8 Å². The Bertz CT molecular complexity index is 1210. The molecule has 0 aliphatic heterocycles. The van der Waals surface area contributed by atoms with Crippen molar-refractivity contribution in [1.82, 2.24) is 15.6 Å². The molecule has 0 unspecified atom stereocenters. The van der Waals surface area contributed by atoms with Gasteiger partial charge in [-0.25, -0.2) is 5.43 Å². The van der Waals surface area contributed by atoms with Gasteiger partial charge in [0.1, 0.15) is 5.69 Å². The average molecular weight is 386 g/mol. The van der Waals surface area contributed by atoms with Crippen LogP contribution >= 0.6 is 0 Å². The van der Waals surface area contributed by atoms with E-state index in [0.29, 0.717) is 22.7 Å². The number of aromatic hydroxyl groups is 1. The molecule has 1 aromatic heterocycles. The van der Waals surface area contributed by atoms with Crippen LogP contribution in [0.5, 0.6) is 11.5 Å². The van der Waals surface area contributed by atoms with Gasteiger partial charge in [-0.2, -0.15) is 10.2 Å². The minimum Gasteiger partial charge on any atom is -0.504 e. The van der Waals surface area contributed by atoms with Crippen molar-refractivity contribution in [3.8, 4) is 22.8 Å². The molecule has 0 fully saturated rings. The number of fused-ring (bicyclic) bond motifs is 1. The predicted octanol–water partition coefficient (Wildman–Crippen LogP) is 3.71. The molecule has 0 saturated heterocycles. The third kappa shape index (κ3) is 3.93. The van der Waals surface area contributed by atoms with E-state index in [1.54, 1.807) is 18.2 Å². The van der Waals surface area contributed by atoms with Crippen LogP contribution in [0.25, 0.3) is 22.0 Å². The zero-order valence-corrected chi connectivity index (χ0v) is 15.6. The van der Waals surface area contributed by atoms with E-state index < -0.39 is 5.91 Å². The van der Waals surface area contributed by atoms with Crippen LogP contribution in [0, 0.1) is 0 Å². The van der Waals surface area contributed by atoms with E-state index in [1.807, 2.05) is 42.5 Å². The number of aromatic amines is 1. The molecule has 7 nitrogen and oxygen atoms in total. The van der Waals surface area contributed by atoms with Crippen molar-refractivity contribution < 1.29 is 14.6 Å². The zero-order chi connectivity index (χ0) is 20.2. The number of aromatic nitrogens is 2. The average Bonchev–Trinajstić information content (AvgIpc) is 3.24. The van der Waals surface area contributed by atoms with E-state index in [-0.39, 0.29) is 5.75 Å². The summed E-state index contributed by atoms with van der Waals surface area (Å²) >= 11 is 0. The number of benzene rings is 3. The summed E-state index contributed by atoms with van der Waals surface area (Å²) in [6.45, 7) is 0. The summed E-state index contributed by atoms with van der Waals surface area (Å²) in [6.07, 6.45) is 1.43. The van der Waals surface area contributed by atoms with Gasteiger partial charge < -0.3 is 9.84 Å². The number of phenols is 1. The second kappa shape index (κ2) is 7.85. The van der Waals surface area contributed by atoms with Crippen LogP contribution in [0.4, 0.5) is 0 Å². The summed E-state index contributed by atoms with van der Waals surface area (Å²) in [5.41, 5.74) is 4.93. The number of hydrazone groups is 1. The van der Waals surface area contributed by atoms with Gasteiger partial charge in [-0.15, -0.1) is 0 Å². The molecule has 1 heterocycles. The lowest BCUT2D eigenvalue weighted by molar-refractivity contribution is 0.0950. The first kappa shape index (κ1) is 18.2. The van der Waals surface area contributed by atoms with E-state index in [9.17, 15) is 9.90 Å². The Hall–Kier alpha value is -4.13. The highest BCUT2D eigenvalue weighted by Gasteiger charge is 2.11. The largest absolute Gasteiger partial charge is 0.504 e. The quantitative estimate of drug-likeness (QED) is 0.360. The van der Waals surface area contributed by atoms with Gasteiger partial charge in [-0.3, -0.25) is 9.89 Å². The highest BCUT2D eigenvalue weighted by molar-refractivity contribution is 5.94. The Labute approximate surface area is 166 Å². The summed E-state index contributed by atoms with van der Waals surface area (Å²) in [5, 5.41) is 22.9. The molecule has 0 aliphatic rings. The lowest BCUT2D eigenvalue weighted by atomic mass is 10.1. The maximum absolute atomic E-state index is 12.3. The summed E-state index contributed by atoms with van der Waals surface area (Å²) in [7, 11) is 1.47. The molecule has 0 radical (unpaired) electrons. The lowest BCUT2D eigenvalue weighted by Crippen LogP contribution is -2.17. The standard InChI is InChI=1S/C22H18N4O3/c1-29-21-9-6-14(10-20(21)27)13-23-26-22(28)19-12-18(24-25-19)17-8-7-15-4-2-3-5-16(15)11-17/h2-13,27H,1H3,(H,24,25)(H,26,28)/b23-13-. The first-order chi connectivity index (χ1) is 14.1. The van der Waals surface area contributed by atoms with Gasteiger partial charge in [0, 0.05) is 5.56 Å². The number of phenolic OH excluding ortho intramolecular Hbond substituents is 1. The lowest BCUT2D eigenvalue weighted by Gasteiger charge is -2.03. The van der Waals surface area contributed by atoms with E-state index in [1.165, 1.54) is 19.4 Å². The van der Waals surface area contributed by atoms with Gasteiger partial charge in [-0.1, -0.05) is 36.4 Å². The third-order valence-corrected chi connectivity index (χ3v) is 4.45. The molecule has 4 rings (SSSR count). The molecule has 3 N–H and O–H groups in total. The molecule has 3 aromatic carbocycles. The second-order valence-electron chi connectivity index (χ2n) is 6.36. The number of carbonyl (C=O) groups excluding carboxylic acids is 1. The zero-order valence-electron chi connectivity index (χ0n) is 15.6. The Morgan fingerprint density at radius 3 is 2.72 bits per heavy atom. The van der Waals surface area contributed by atoms with Crippen LogP contribution < -0.4 is 10.2 Å². The van der Waals surface area contributed by atoms with Crippen molar-refractivity contribution in [3.05, 3.63) is 78.0 Å². The van der Waals surface area contributed by atoms with Crippen LogP contribution in [0.1, 0.15) is 16.1 Å². The Morgan fingerprint density at radius 1 is 1.10 bits per heavy atom. The number of rotatable bonds is 5. The Kier molecular flexibility index (Phi) is 4.94. The Balaban J connectivity index is 1.46. The molecule has 1 amide bonds. The van der Waals surface area contributed by atoms with Crippen molar-refractivity contribution in [1.29, 1.82) is 0 Å². The third-order valence-electron chi connectivity index (χ3n) is 4.45. The van der Waals surface area contributed by atoms with E-state index >= 15 is 0 Å². The number of hydrogen-bond donors (Lipinski definition) is 3. The summed E-state index contributed by atoms with van der Waals surface area (Å²) < 4.78 is 4.99. The van der Waals surface area contributed by atoms with Crippen molar-refractivity contribution in [2.45, 2.75) is 0 Å². The van der Waals surface area contributed by atoms with E-state index in [0.717, 1.165) is 16.3 Å². The summed E-state index contributed by atoms with van der Waals surface area (Å²) in [4.78, 5) is 12.3. The van der Waals surface area contributed by atoms with Crippen molar-refractivity contribution >= 4 is 22.9 Å². The number of methoxy groups -OCH3 is 1. The minimum atomic E-state index is -0.418.